The summed E-state index contributed by atoms with van der Waals surface area (Å²) in [7, 11) is 0. The Morgan fingerprint density at radius 3 is 2.42 bits per heavy atom. The van der Waals surface area contributed by atoms with Gasteiger partial charge in [0.2, 0.25) is 17.7 Å². The number of fused-ring (bicyclic) bond motifs is 2. The van der Waals surface area contributed by atoms with Gasteiger partial charge in [0.15, 0.2) is 11.3 Å². The second kappa shape index (κ2) is 16.7. The molecule has 1 unspecified atom stereocenters. The molecule has 1 spiro atoms. The lowest BCUT2D eigenvalue weighted by Crippen LogP contribution is -2.54. The molecule has 0 radical (unpaired) electrons. The van der Waals surface area contributed by atoms with E-state index in [0.717, 1.165) is 56.8 Å². The van der Waals surface area contributed by atoms with Crippen molar-refractivity contribution in [3.63, 3.8) is 0 Å². The van der Waals surface area contributed by atoms with E-state index in [1.807, 2.05) is 11.0 Å². The Labute approximate surface area is 366 Å². The topological polar surface area (TPSA) is 208 Å². The Morgan fingerprint density at radius 1 is 0.922 bits per heavy atom. The van der Waals surface area contributed by atoms with Gasteiger partial charge >= 0.3 is 0 Å². The largest absolute Gasteiger partial charge is 0.384 e. The van der Waals surface area contributed by atoms with Crippen molar-refractivity contribution in [3.05, 3.63) is 65.2 Å². The molecule has 2 saturated carbocycles. The Balaban J connectivity index is 0.698. The Kier molecular flexibility index (Phi) is 10.9. The van der Waals surface area contributed by atoms with Crippen LogP contribution in [0.4, 0.5) is 26.0 Å². The van der Waals surface area contributed by atoms with Gasteiger partial charge in [-0.1, -0.05) is 6.07 Å². The van der Waals surface area contributed by atoms with Crippen molar-refractivity contribution in [2.24, 2.45) is 17.3 Å². The quantitative estimate of drug-likeness (QED) is 0.168. The molecular formula is C44H50F2N12O6. The molecule has 3 saturated heterocycles. The van der Waals surface area contributed by atoms with Crippen molar-refractivity contribution in [1.82, 2.24) is 44.8 Å². The summed E-state index contributed by atoms with van der Waals surface area (Å²) in [5.74, 6) is -1.70. The molecule has 336 valence electrons. The van der Waals surface area contributed by atoms with Crippen molar-refractivity contribution in [3.8, 4) is 0 Å². The summed E-state index contributed by atoms with van der Waals surface area (Å²) in [6.07, 6.45) is 7.98. The summed E-state index contributed by atoms with van der Waals surface area (Å²) in [5.41, 5.74) is 1.10. The van der Waals surface area contributed by atoms with E-state index in [4.69, 9.17) is 0 Å². The summed E-state index contributed by atoms with van der Waals surface area (Å²) in [6.45, 7) is 5.13. The third-order valence-corrected chi connectivity index (χ3v) is 14.3. The number of piperidine rings is 2. The van der Waals surface area contributed by atoms with Crippen LogP contribution >= 0.6 is 0 Å². The van der Waals surface area contributed by atoms with Gasteiger partial charge in [-0.25, -0.2) is 18.3 Å². The van der Waals surface area contributed by atoms with E-state index in [1.54, 1.807) is 24.4 Å². The number of imide groups is 2. The van der Waals surface area contributed by atoms with E-state index in [2.05, 4.69) is 41.3 Å². The van der Waals surface area contributed by atoms with Crippen LogP contribution < -0.4 is 26.2 Å². The lowest BCUT2D eigenvalue weighted by atomic mass is 9.57. The van der Waals surface area contributed by atoms with E-state index < -0.39 is 47.7 Å². The number of rotatable bonds is 10. The average Bonchev–Trinajstić information content (AvgIpc) is 3.99. The van der Waals surface area contributed by atoms with Gasteiger partial charge in [0.25, 0.3) is 24.1 Å². The molecule has 0 bridgehead atoms. The minimum absolute atomic E-state index is 0.0575. The van der Waals surface area contributed by atoms with Crippen molar-refractivity contribution in [1.29, 1.82) is 0 Å². The number of benzene rings is 1. The zero-order valence-corrected chi connectivity index (χ0v) is 35.2. The third-order valence-electron chi connectivity index (χ3n) is 14.3. The summed E-state index contributed by atoms with van der Waals surface area (Å²) < 4.78 is 31.6. The molecule has 18 nitrogen and oxygen atoms in total. The van der Waals surface area contributed by atoms with Gasteiger partial charge in [0.05, 0.1) is 29.1 Å². The summed E-state index contributed by atoms with van der Waals surface area (Å²) in [6, 6.07) is 5.68. The molecular weight excluding hydrogens is 831 g/mol. The van der Waals surface area contributed by atoms with Gasteiger partial charge in [-0.05, 0) is 87.3 Å². The highest BCUT2D eigenvalue weighted by molar-refractivity contribution is 6.25. The van der Waals surface area contributed by atoms with Crippen LogP contribution in [0.2, 0.25) is 0 Å². The molecule has 5 fully saturated rings. The number of anilines is 3. The number of aromatic nitrogens is 5. The Morgan fingerprint density at radius 2 is 1.69 bits per heavy atom. The molecule has 4 N–H and O–H groups in total. The van der Waals surface area contributed by atoms with Crippen molar-refractivity contribution < 1.29 is 37.5 Å². The molecule has 7 heterocycles. The standard InChI is InChI=1S/C44H50F2N12O6/c45-37(46)36-31(50-39(60)29-23-49-56-15-10-33(51-38(29)56)54-18-13-47-14-19-54)24-57(53-36)27-6-4-26(5-7-27)41(62)55-16-11-44(12-17-55)20-25(21-44)22-48-30-3-1-2-28-35(30)43(64)58(42(28)63)32-8-9-34(59)52-40(32)61/h1-3,10,15,23-27,32,37,47-48H,4-9,11-14,16-22H2,(H,50,60)(H,52,59,61). The van der Waals surface area contributed by atoms with E-state index in [1.165, 1.54) is 21.6 Å². The molecule has 6 amide bonds. The lowest BCUT2D eigenvalue weighted by Gasteiger charge is -2.53. The number of halogens is 2. The summed E-state index contributed by atoms with van der Waals surface area (Å²) in [5, 5.41) is 20.1. The first kappa shape index (κ1) is 41.7. The maximum absolute atomic E-state index is 14.3. The van der Waals surface area contributed by atoms with Crippen LogP contribution in [0.1, 0.15) is 113 Å². The van der Waals surface area contributed by atoms with Gasteiger partial charge in [-0.3, -0.25) is 43.7 Å². The number of nitrogens with one attached hydrogen (secondary N) is 4. The fourth-order valence-corrected chi connectivity index (χ4v) is 10.8. The first-order valence-corrected chi connectivity index (χ1v) is 22.3. The monoisotopic (exact) mass is 880 g/mol. The van der Waals surface area contributed by atoms with Gasteiger partial charge in [-0.2, -0.15) is 10.2 Å². The number of likely N-dealkylation sites (tertiary alicyclic amines) is 1. The smallest absolute Gasteiger partial charge is 0.284 e. The number of carbonyl (C=O) groups excluding carboxylic acids is 6. The van der Waals surface area contributed by atoms with Crippen LogP contribution in [-0.4, -0.2) is 121 Å². The molecule has 1 atom stereocenters. The van der Waals surface area contributed by atoms with Gasteiger partial charge in [0.1, 0.15) is 17.4 Å². The molecule has 20 heteroatoms. The second-order valence-electron chi connectivity index (χ2n) is 18.2. The predicted octanol–water partition coefficient (Wildman–Crippen LogP) is 3.79. The van der Waals surface area contributed by atoms with Crippen LogP contribution in [0.3, 0.4) is 0 Å². The number of nitrogens with zero attached hydrogens (tertiary/aromatic N) is 8. The third kappa shape index (κ3) is 7.64. The van der Waals surface area contributed by atoms with Crippen LogP contribution in [0, 0.1) is 17.3 Å². The molecule has 10 rings (SSSR count). The molecule has 64 heavy (non-hydrogen) atoms. The second-order valence-corrected chi connectivity index (χ2v) is 18.2. The highest BCUT2D eigenvalue weighted by Gasteiger charge is 2.48. The van der Waals surface area contributed by atoms with E-state index in [0.29, 0.717) is 68.4 Å². The van der Waals surface area contributed by atoms with E-state index in [9.17, 15) is 37.5 Å². The molecule has 3 aromatic heterocycles. The van der Waals surface area contributed by atoms with Crippen LogP contribution in [0.25, 0.3) is 5.65 Å². The molecule has 4 aromatic rings. The minimum Gasteiger partial charge on any atom is -0.384 e. The Hall–Kier alpha value is -6.31. The van der Waals surface area contributed by atoms with E-state index in [-0.39, 0.29) is 58.5 Å². The first-order chi connectivity index (χ1) is 30.9. The van der Waals surface area contributed by atoms with E-state index >= 15 is 0 Å². The number of hydrogen-bond acceptors (Lipinski definition) is 12. The average molecular weight is 881 g/mol. The fourth-order valence-electron chi connectivity index (χ4n) is 10.8. The van der Waals surface area contributed by atoms with Crippen LogP contribution in [-0.2, 0) is 14.4 Å². The fraction of sp³-hybridized carbons (Fsp3) is 0.523. The van der Waals surface area contributed by atoms with Crippen molar-refractivity contribution in [2.75, 3.05) is 61.3 Å². The van der Waals surface area contributed by atoms with Gasteiger partial charge in [-0.15, -0.1) is 0 Å². The zero-order chi connectivity index (χ0) is 44.3. The summed E-state index contributed by atoms with van der Waals surface area (Å²) >= 11 is 0. The number of hydrogen-bond donors (Lipinski definition) is 4. The van der Waals surface area contributed by atoms with Crippen molar-refractivity contribution in [2.45, 2.75) is 82.7 Å². The minimum atomic E-state index is -2.91. The maximum Gasteiger partial charge on any atom is 0.284 e. The number of alkyl halides is 2. The number of amides is 6. The molecule has 6 aliphatic rings. The first-order valence-electron chi connectivity index (χ1n) is 22.3. The molecule has 4 aliphatic heterocycles. The SMILES string of the molecule is O=C1CCC(N2C(=O)c3cccc(NCC4CC5(CCN(C(=O)C6CCC(n7cc(NC(=O)c8cnn9ccc(N%10CCNCC%10)nc89)c(C(F)F)n7)CC6)CC5)C4)c3C2=O)C(=O)N1. The molecule has 2 aliphatic carbocycles. The number of carbonyl (C=O) groups is 6. The predicted molar refractivity (Wildman–Crippen MR) is 227 cm³/mol. The highest BCUT2D eigenvalue weighted by Crippen LogP contribution is 2.53. The van der Waals surface area contributed by atoms with Gasteiger partial charge in [0, 0.05) is 76.2 Å². The normalized spacial score (nSPS) is 23.7. The Bertz CT molecular complexity index is 2530. The van der Waals surface area contributed by atoms with Gasteiger partial charge < -0.3 is 25.8 Å². The van der Waals surface area contributed by atoms with Crippen LogP contribution in [0.15, 0.2) is 42.9 Å². The lowest BCUT2D eigenvalue weighted by molar-refractivity contribution is -0.141. The zero-order valence-electron chi connectivity index (χ0n) is 35.2. The highest BCUT2D eigenvalue weighted by atomic mass is 19.3. The number of piperazine rings is 1. The maximum atomic E-state index is 14.3. The van der Waals surface area contributed by atoms with Crippen molar-refractivity contribution >= 4 is 58.3 Å². The summed E-state index contributed by atoms with van der Waals surface area (Å²) in [4.78, 5) is 87.9. The van der Waals surface area contributed by atoms with Crippen LogP contribution in [0.5, 0.6) is 0 Å². The molecule has 1 aromatic carbocycles.